The second kappa shape index (κ2) is 5.01. The van der Waals surface area contributed by atoms with Gasteiger partial charge in [0.05, 0.1) is 13.7 Å². The topological polar surface area (TPSA) is 44.1 Å². The minimum Gasteiger partial charge on any atom is -0.497 e. The summed E-state index contributed by atoms with van der Waals surface area (Å²) in [4.78, 5) is 15.4. The van der Waals surface area contributed by atoms with Gasteiger partial charge in [-0.05, 0) is 17.7 Å². The predicted molar refractivity (Wildman–Crippen MR) is 65.6 cm³/mol. The standard InChI is InChI=1S/C12H11ClN2O2/c1-17-10-4-2-3-9(7-10)8-15-6-5-14-11(13)12(15)16/h2-7H,8H2,1H3. The van der Waals surface area contributed by atoms with Gasteiger partial charge in [-0.2, -0.15) is 0 Å². The van der Waals surface area contributed by atoms with E-state index in [2.05, 4.69) is 4.98 Å². The molecular formula is C12H11ClN2O2. The first kappa shape index (κ1) is 11.7. The molecule has 1 aromatic heterocycles. The zero-order chi connectivity index (χ0) is 12.3. The lowest BCUT2D eigenvalue weighted by Crippen LogP contribution is -2.21. The normalized spacial score (nSPS) is 10.2. The Morgan fingerprint density at radius 2 is 2.29 bits per heavy atom. The van der Waals surface area contributed by atoms with Crippen molar-refractivity contribution < 1.29 is 4.74 Å². The Balaban J connectivity index is 2.31. The van der Waals surface area contributed by atoms with Crippen LogP contribution in [0.3, 0.4) is 0 Å². The third kappa shape index (κ3) is 2.65. The van der Waals surface area contributed by atoms with Gasteiger partial charge in [-0.3, -0.25) is 4.79 Å². The summed E-state index contributed by atoms with van der Waals surface area (Å²) in [6.07, 6.45) is 3.11. The Kier molecular flexibility index (Phi) is 3.44. The van der Waals surface area contributed by atoms with E-state index in [-0.39, 0.29) is 10.7 Å². The van der Waals surface area contributed by atoms with Gasteiger partial charge in [-0.25, -0.2) is 4.98 Å². The number of halogens is 1. The third-order valence-electron chi connectivity index (χ3n) is 2.36. The summed E-state index contributed by atoms with van der Waals surface area (Å²) >= 11 is 5.67. The smallest absolute Gasteiger partial charge is 0.288 e. The van der Waals surface area contributed by atoms with Crippen LogP contribution < -0.4 is 10.3 Å². The molecule has 0 aliphatic heterocycles. The van der Waals surface area contributed by atoms with E-state index in [0.29, 0.717) is 6.54 Å². The monoisotopic (exact) mass is 250 g/mol. The molecule has 2 rings (SSSR count). The highest BCUT2D eigenvalue weighted by Crippen LogP contribution is 2.13. The van der Waals surface area contributed by atoms with Crippen LogP contribution in [0.1, 0.15) is 5.56 Å². The van der Waals surface area contributed by atoms with E-state index in [1.807, 2.05) is 24.3 Å². The molecule has 0 aliphatic carbocycles. The van der Waals surface area contributed by atoms with Gasteiger partial charge >= 0.3 is 0 Å². The highest BCUT2D eigenvalue weighted by Gasteiger charge is 2.03. The van der Waals surface area contributed by atoms with E-state index in [9.17, 15) is 4.79 Å². The maximum absolute atomic E-state index is 11.7. The lowest BCUT2D eigenvalue weighted by Gasteiger charge is -2.07. The van der Waals surface area contributed by atoms with Crippen molar-refractivity contribution in [3.63, 3.8) is 0 Å². The Morgan fingerprint density at radius 3 is 3.06 bits per heavy atom. The first-order valence-corrected chi connectivity index (χ1v) is 5.42. The fraction of sp³-hybridized carbons (Fsp3) is 0.167. The van der Waals surface area contributed by atoms with Crippen molar-refractivity contribution in [2.45, 2.75) is 6.54 Å². The highest BCUT2D eigenvalue weighted by molar-refractivity contribution is 6.29. The second-order valence-corrected chi connectivity index (χ2v) is 3.86. The van der Waals surface area contributed by atoms with Crippen LogP contribution in [0.25, 0.3) is 0 Å². The number of rotatable bonds is 3. The zero-order valence-electron chi connectivity index (χ0n) is 9.26. The first-order chi connectivity index (χ1) is 8.20. The summed E-state index contributed by atoms with van der Waals surface area (Å²) in [5, 5.41) is -0.0182. The molecule has 0 amide bonds. The molecule has 5 heteroatoms. The van der Waals surface area contributed by atoms with Crippen molar-refractivity contribution in [2.75, 3.05) is 7.11 Å². The van der Waals surface area contributed by atoms with E-state index in [1.165, 1.54) is 10.8 Å². The Bertz CT molecular complexity index is 581. The molecule has 1 heterocycles. The number of hydrogen-bond donors (Lipinski definition) is 0. The number of hydrogen-bond acceptors (Lipinski definition) is 3. The summed E-state index contributed by atoms with van der Waals surface area (Å²) in [7, 11) is 1.61. The minimum atomic E-state index is -0.294. The largest absolute Gasteiger partial charge is 0.497 e. The summed E-state index contributed by atoms with van der Waals surface area (Å²) in [5.41, 5.74) is 0.672. The lowest BCUT2D eigenvalue weighted by molar-refractivity contribution is 0.414. The van der Waals surface area contributed by atoms with Gasteiger partial charge in [-0.1, -0.05) is 23.7 Å². The van der Waals surface area contributed by atoms with Crippen molar-refractivity contribution >= 4 is 11.6 Å². The highest BCUT2D eigenvalue weighted by atomic mass is 35.5. The van der Waals surface area contributed by atoms with Crippen LogP contribution in [0.5, 0.6) is 5.75 Å². The SMILES string of the molecule is COc1cccc(Cn2ccnc(Cl)c2=O)c1. The fourth-order valence-electron chi connectivity index (χ4n) is 1.51. The van der Waals surface area contributed by atoms with Crippen LogP contribution in [0.4, 0.5) is 0 Å². The van der Waals surface area contributed by atoms with Crippen LogP contribution in [0.2, 0.25) is 5.15 Å². The lowest BCUT2D eigenvalue weighted by atomic mass is 10.2. The van der Waals surface area contributed by atoms with Crippen molar-refractivity contribution in [3.05, 3.63) is 57.7 Å². The molecule has 0 radical (unpaired) electrons. The Labute approximate surface area is 103 Å². The molecule has 4 nitrogen and oxygen atoms in total. The molecule has 0 saturated carbocycles. The van der Waals surface area contributed by atoms with Crippen LogP contribution >= 0.6 is 11.6 Å². The van der Waals surface area contributed by atoms with Crippen LogP contribution in [0.15, 0.2) is 41.5 Å². The zero-order valence-corrected chi connectivity index (χ0v) is 10.0. The minimum absolute atomic E-state index is 0.0182. The molecule has 2 aromatic rings. The molecule has 0 spiro atoms. The van der Waals surface area contributed by atoms with Crippen molar-refractivity contribution in [1.29, 1.82) is 0 Å². The molecule has 17 heavy (non-hydrogen) atoms. The van der Waals surface area contributed by atoms with Crippen LogP contribution in [-0.2, 0) is 6.54 Å². The number of benzene rings is 1. The van der Waals surface area contributed by atoms with Gasteiger partial charge in [0.15, 0.2) is 5.15 Å². The summed E-state index contributed by atoms with van der Waals surface area (Å²) in [6, 6.07) is 7.53. The number of ether oxygens (including phenoxy) is 1. The number of methoxy groups -OCH3 is 1. The fourth-order valence-corrected chi connectivity index (χ4v) is 1.68. The Morgan fingerprint density at radius 1 is 1.47 bits per heavy atom. The maximum atomic E-state index is 11.7. The molecular weight excluding hydrogens is 240 g/mol. The molecule has 0 saturated heterocycles. The third-order valence-corrected chi connectivity index (χ3v) is 2.62. The maximum Gasteiger partial charge on any atom is 0.288 e. The first-order valence-electron chi connectivity index (χ1n) is 5.04. The van der Waals surface area contributed by atoms with Crippen molar-refractivity contribution in [3.8, 4) is 5.75 Å². The van der Waals surface area contributed by atoms with Gasteiger partial charge in [0.25, 0.3) is 5.56 Å². The van der Waals surface area contributed by atoms with E-state index >= 15 is 0 Å². The summed E-state index contributed by atoms with van der Waals surface area (Å²) < 4.78 is 6.62. The average Bonchev–Trinajstić information content (AvgIpc) is 2.35. The summed E-state index contributed by atoms with van der Waals surface area (Å²) in [6.45, 7) is 0.443. The van der Waals surface area contributed by atoms with E-state index in [1.54, 1.807) is 13.3 Å². The molecule has 0 N–H and O–H groups in total. The Hall–Kier alpha value is -1.81. The van der Waals surface area contributed by atoms with Gasteiger partial charge in [0.2, 0.25) is 0 Å². The summed E-state index contributed by atoms with van der Waals surface area (Å²) in [5.74, 6) is 0.760. The second-order valence-electron chi connectivity index (χ2n) is 3.50. The quantitative estimate of drug-likeness (QED) is 0.836. The van der Waals surface area contributed by atoms with Crippen LogP contribution in [-0.4, -0.2) is 16.7 Å². The van der Waals surface area contributed by atoms with E-state index < -0.39 is 0 Å². The van der Waals surface area contributed by atoms with E-state index in [4.69, 9.17) is 16.3 Å². The van der Waals surface area contributed by atoms with Gasteiger partial charge in [-0.15, -0.1) is 0 Å². The molecule has 0 unspecified atom stereocenters. The molecule has 0 fully saturated rings. The molecule has 0 atom stereocenters. The molecule has 0 bridgehead atoms. The van der Waals surface area contributed by atoms with E-state index in [0.717, 1.165) is 11.3 Å². The molecule has 88 valence electrons. The number of nitrogens with zero attached hydrogens (tertiary/aromatic N) is 2. The average molecular weight is 251 g/mol. The molecule has 1 aromatic carbocycles. The van der Waals surface area contributed by atoms with Crippen LogP contribution in [0, 0.1) is 0 Å². The van der Waals surface area contributed by atoms with Crippen molar-refractivity contribution in [1.82, 2.24) is 9.55 Å². The number of aromatic nitrogens is 2. The predicted octanol–water partition coefficient (Wildman–Crippen LogP) is 1.95. The van der Waals surface area contributed by atoms with Crippen molar-refractivity contribution in [2.24, 2.45) is 0 Å². The van der Waals surface area contributed by atoms with Gasteiger partial charge in [0, 0.05) is 12.4 Å². The molecule has 0 aliphatic rings. The van der Waals surface area contributed by atoms with Gasteiger partial charge < -0.3 is 9.30 Å². The van der Waals surface area contributed by atoms with Gasteiger partial charge in [0.1, 0.15) is 5.75 Å².